The number of halogens is 3. The van der Waals surface area contributed by atoms with Crippen LogP contribution in [0, 0.1) is 0 Å². The Morgan fingerprint density at radius 2 is 1.73 bits per heavy atom. The van der Waals surface area contributed by atoms with Gasteiger partial charge in [-0.1, -0.05) is 30.3 Å². The molecule has 3 heterocycles. The second-order valence-electron chi connectivity index (χ2n) is 7.11. The lowest BCUT2D eigenvalue weighted by atomic mass is 10.1. The fourth-order valence-electron chi connectivity index (χ4n) is 3.50. The van der Waals surface area contributed by atoms with Crippen molar-refractivity contribution in [2.24, 2.45) is 0 Å². The molecule has 0 radical (unpaired) electrons. The lowest BCUT2D eigenvalue weighted by Crippen LogP contribution is -2.19. The monoisotopic (exact) mass is 488 g/mol. The molecule has 33 heavy (non-hydrogen) atoms. The van der Waals surface area contributed by atoms with E-state index in [0.717, 1.165) is 5.52 Å². The second kappa shape index (κ2) is 8.23. The Kier molecular flexibility index (Phi) is 5.37. The molecule has 11 heteroatoms. The number of hydrogen-bond acceptors (Lipinski definition) is 5. The van der Waals surface area contributed by atoms with Gasteiger partial charge in [-0.05, 0) is 24.3 Å². The number of hydrogen-bond donors (Lipinski definition) is 3. The van der Waals surface area contributed by atoms with Gasteiger partial charge in [-0.15, -0.1) is 12.6 Å². The van der Waals surface area contributed by atoms with E-state index in [2.05, 4.69) is 32.6 Å². The molecule has 2 N–H and O–H groups in total. The lowest BCUT2D eigenvalue weighted by Gasteiger charge is -2.13. The van der Waals surface area contributed by atoms with Crippen molar-refractivity contribution in [1.82, 2.24) is 19.9 Å². The van der Waals surface area contributed by atoms with Crippen LogP contribution in [0.25, 0.3) is 33.2 Å². The smallest absolute Gasteiger partial charge is 0.422 e. The third-order valence-corrected chi connectivity index (χ3v) is 6.57. The van der Waals surface area contributed by atoms with Gasteiger partial charge in [0.15, 0.2) is 6.61 Å². The highest BCUT2D eigenvalue weighted by Crippen LogP contribution is 2.40. The molecule has 0 saturated heterocycles. The summed E-state index contributed by atoms with van der Waals surface area (Å²) in [5, 5.41) is 1.22. The Morgan fingerprint density at radius 1 is 1.00 bits per heavy atom. The average molecular weight is 489 g/mol. The first kappa shape index (κ1) is 21.5. The molecule has 1 atom stereocenters. The summed E-state index contributed by atoms with van der Waals surface area (Å²) in [4.78, 5) is 15.1. The third kappa shape index (κ3) is 4.09. The van der Waals surface area contributed by atoms with E-state index in [0.29, 0.717) is 27.0 Å². The van der Waals surface area contributed by atoms with Gasteiger partial charge in [-0.2, -0.15) is 13.2 Å². The molecule has 5 aromatic rings. The fourth-order valence-corrected chi connectivity index (χ4v) is 4.98. The largest absolute Gasteiger partial charge is 0.483 e. The van der Waals surface area contributed by atoms with Crippen LogP contribution in [0.3, 0.4) is 0 Å². The molecule has 0 unspecified atom stereocenters. The van der Waals surface area contributed by atoms with Crippen LogP contribution < -0.4 is 4.74 Å². The van der Waals surface area contributed by atoms with E-state index in [4.69, 9.17) is 4.74 Å². The minimum atomic E-state index is -4.50. The van der Waals surface area contributed by atoms with Crippen LogP contribution in [0.15, 0.2) is 75.9 Å². The second-order valence-corrected chi connectivity index (χ2v) is 8.89. The molecule has 0 amide bonds. The zero-order chi connectivity index (χ0) is 23.2. The molecule has 0 aliphatic heterocycles. The summed E-state index contributed by atoms with van der Waals surface area (Å²) >= 11 is 4.41. The number of imidazole rings is 1. The summed E-state index contributed by atoms with van der Waals surface area (Å²) < 4.78 is 56.6. The van der Waals surface area contributed by atoms with Crippen LogP contribution in [-0.4, -0.2) is 36.9 Å². The van der Waals surface area contributed by atoms with E-state index in [9.17, 15) is 17.4 Å². The molecule has 3 aromatic heterocycles. The number of nitrogens with zero attached hydrogens (tertiary/aromatic N) is 2. The Labute approximate surface area is 193 Å². The van der Waals surface area contributed by atoms with Gasteiger partial charge in [0.25, 0.3) is 0 Å². The molecule has 0 aliphatic rings. The number of fused-ring (bicyclic) bond motifs is 2. The van der Waals surface area contributed by atoms with Gasteiger partial charge in [0.1, 0.15) is 21.6 Å². The normalized spacial score (nSPS) is 13.0. The van der Waals surface area contributed by atoms with E-state index in [1.54, 1.807) is 24.3 Å². The molecule has 6 nitrogen and oxygen atoms in total. The maximum absolute atomic E-state index is 13.6. The molecular formula is C22H15F3N4O2S2. The van der Waals surface area contributed by atoms with Crippen LogP contribution in [0.1, 0.15) is 0 Å². The molecule has 168 valence electrons. The number of aromatic amines is 2. The number of nitrogens with one attached hydrogen (secondary N) is 2. The number of H-pyrrole nitrogens is 2. The van der Waals surface area contributed by atoms with Crippen molar-refractivity contribution < 1.29 is 22.1 Å². The predicted molar refractivity (Wildman–Crippen MR) is 121 cm³/mol. The Hall–Kier alpha value is -3.31. The molecule has 0 aliphatic carbocycles. The van der Waals surface area contributed by atoms with Crippen LogP contribution in [0.4, 0.5) is 13.2 Å². The number of thiol groups is 1. The highest BCUT2D eigenvalue weighted by molar-refractivity contribution is 7.85. The Morgan fingerprint density at radius 3 is 2.48 bits per heavy atom. The van der Waals surface area contributed by atoms with Gasteiger partial charge < -0.3 is 14.7 Å². The van der Waals surface area contributed by atoms with Crippen LogP contribution in [0.5, 0.6) is 5.75 Å². The SMILES string of the molecule is O=[S@@](c1nc2ccccc2[nH]1)c1[nH]c2ccccc2c1-c1nccc(OCC(F)(F)F)c1S. The van der Waals surface area contributed by atoms with Gasteiger partial charge in [0.2, 0.25) is 5.16 Å². The maximum Gasteiger partial charge on any atom is 0.422 e. The van der Waals surface area contributed by atoms with E-state index < -0.39 is 23.6 Å². The number of rotatable bonds is 5. The Balaban J connectivity index is 1.66. The van der Waals surface area contributed by atoms with Crippen molar-refractivity contribution in [3.8, 4) is 17.0 Å². The third-order valence-electron chi connectivity index (χ3n) is 4.92. The number of benzene rings is 2. The van der Waals surface area contributed by atoms with E-state index in [1.807, 2.05) is 24.3 Å². The summed E-state index contributed by atoms with van der Waals surface area (Å²) in [5.74, 6) is -0.0774. The number of alkyl halides is 3. The summed E-state index contributed by atoms with van der Waals surface area (Å²) in [5.41, 5.74) is 2.77. The first-order valence-electron chi connectivity index (χ1n) is 9.67. The molecule has 0 saturated carbocycles. The number of aromatic nitrogens is 4. The zero-order valence-corrected chi connectivity index (χ0v) is 18.4. The minimum Gasteiger partial charge on any atom is -0.483 e. The molecular weight excluding hydrogens is 473 g/mol. The summed E-state index contributed by atoms with van der Waals surface area (Å²) in [6.45, 7) is -1.46. The van der Waals surface area contributed by atoms with Gasteiger partial charge in [-0.25, -0.2) is 9.19 Å². The van der Waals surface area contributed by atoms with Crippen molar-refractivity contribution in [3.05, 3.63) is 60.8 Å². The highest BCUT2D eigenvalue weighted by Gasteiger charge is 2.30. The first-order valence-corrected chi connectivity index (χ1v) is 11.3. The molecule has 0 bridgehead atoms. The van der Waals surface area contributed by atoms with Gasteiger partial charge in [0, 0.05) is 22.7 Å². The summed E-state index contributed by atoms with van der Waals surface area (Å²) in [6, 6.07) is 15.8. The van der Waals surface area contributed by atoms with Crippen LogP contribution >= 0.6 is 12.6 Å². The predicted octanol–water partition coefficient (Wildman–Crippen LogP) is 5.50. The molecule has 0 spiro atoms. The van der Waals surface area contributed by atoms with E-state index >= 15 is 0 Å². The molecule has 5 rings (SSSR count). The van der Waals surface area contributed by atoms with Gasteiger partial charge >= 0.3 is 6.18 Å². The summed E-state index contributed by atoms with van der Waals surface area (Å²) in [7, 11) is -1.77. The van der Waals surface area contributed by atoms with Gasteiger partial charge in [-0.3, -0.25) is 4.98 Å². The zero-order valence-electron chi connectivity index (χ0n) is 16.7. The van der Waals surface area contributed by atoms with Crippen LogP contribution in [0.2, 0.25) is 0 Å². The van der Waals surface area contributed by atoms with Crippen molar-refractivity contribution in [2.45, 2.75) is 21.3 Å². The average Bonchev–Trinajstić information content (AvgIpc) is 3.39. The van der Waals surface area contributed by atoms with E-state index in [1.165, 1.54) is 12.3 Å². The summed E-state index contributed by atoms with van der Waals surface area (Å²) in [6.07, 6.45) is -3.17. The van der Waals surface area contributed by atoms with Gasteiger partial charge in [0.05, 0.1) is 21.6 Å². The number of ether oxygens (including phenoxy) is 1. The maximum atomic E-state index is 13.6. The molecule has 2 aromatic carbocycles. The van der Waals surface area contributed by atoms with Crippen LogP contribution in [-0.2, 0) is 10.8 Å². The molecule has 0 fully saturated rings. The minimum absolute atomic E-state index is 0.0774. The van der Waals surface area contributed by atoms with E-state index in [-0.39, 0.29) is 21.5 Å². The Bertz CT molecular complexity index is 1480. The number of pyridine rings is 1. The lowest BCUT2D eigenvalue weighted by molar-refractivity contribution is -0.153. The fraction of sp³-hybridized carbons (Fsp3) is 0.0909. The first-order chi connectivity index (χ1) is 15.8. The number of para-hydroxylation sites is 3. The van der Waals surface area contributed by atoms with Crippen molar-refractivity contribution >= 4 is 45.4 Å². The quantitative estimate of drug-likeness (QED) is 0.285. The van der Waals surface area contributed by atoms with Crippen molar-refractivity contribution in [1.29, 1.82) is 0 Å². The van der Waals surface area contributed by atoms with Crippen molar-refractivity contribution in [2.75, 3.05) is 6.61 Å². The van der Waals surface area contributed by atoms with Crippen molar-refractivity contribution in [3.63, 3.8) is 0 Å². The highest BCUT2D eigenvalue weighted by atomic mass is 32.2. The topological polar surface area (TPSA) is 83.7 Å². The standard InChI is InChI=1S/C22H15F3N4O2S2/c23-22(24,25)11-31-16-9-10-26-18(19(16)32)17-12-5-1-2-6-13(12)27-20(17)33(30)21-28-14-7-3-4-8-15(14)29-21/h1-10,27,32H,11H2,(H,28,29)/t33-/m1/s1.